The molecule has 1 heterocycles. The van der Waals surface area contributed by atoms with E-state index in [4.69, 9.17) is 11.6 Å². The van der Waals surface area contributed by atoms with E-state index < -0.39 is 10.3 Å². The van der Waals surface area contributed by atoms with Crippen molar-refractivity contribution in [2.75, 3.05) is 0 Å². The van der Waals surface area contributed by atoms with E-state index >= 15 is 0 Å². The van der Waals surface area contributed by atoms with Gasteiger partial charge in [-0.2, -0.15) is 8.42 Å². The predicted molar refractivity (Wildman–Crippen MR) is 55.8 cm³/mol. The first-order valence-corrected chi connectivity index (χ1v) is 5.81. The molecular formula is C7H4ClNO2S2. The van der Waals surface area contributed by atoms with Crippen LogP contribution in [0.4, 0.5) is 0 Å². The maximum atomic E-state index is 10.6. The quantitative estimate of drug-likeness (QED) is 0.359. The highest BCUT2D eigenvalue weighted by Gasteiger charge is 2.22. The van der Waals surface area contributed by atoms with Crippen LogP contribution in [0.25, 0.3) is 0 Å². The molecule has 0 fully saturated rings. The summed E-state index contributed by atoms with van der Waals surface area (Å²) < 4.78 is 21.2. The third kappa shape index (κ3) is 1.72. The number of rotatable bonds is 0. The fourth-order valence-electron chi connectivity index (χ4n) is 1.04. The van der Waals surface area contributed by atoms with Gasteiger partial charge in [0.15, 0.2) is 4.83 Å². The minimum absolute atomic E-state index is 0.271. The van der Waals surface area contributed by atoms with E-state index in [2.05, 4.69) is 4.99 Å². The van der Waals surface area contributed by atoms with Crippen molar-refractivity contribution in [3.63, 3.8) is 0 Å². The Kier molecular flexibility index (Phi) is 2.31. The summed E-state index contributed by atoms with van der Waals surface area (Å²) in [6, 6.07) is 0. The highest BCUT2D eigenvalue weighted by atomic mass is 35.5. The molecular weight excluding hydrogens is 230 g/mol. The lowest BCUT2D eigenvalue weighted by molar-refractivity contribution is 0.627. The second kappa shape index (κ2) is 3.32. The maximum Gasteiger partial charge on any atom is 0.221 e. The number of thioether (sulfide) groups is 1. The van der Waals surface area contributed by atoms with Crippen LogP contribution in [0, 0.1) is 0 Å². The fourth-order valence-corrected chi connectivity index (χ4v) is 2.71. The van der Waals surface area contributed by atoms with Crippen LogP contribution in [0.1, 0.15) is 0 Å². The number of hydrogen-bond donors (Lipinski definition) is 0. The average molecular weight is 234 g/mol. The number of halogens is 1. The third-order valence-corrected chi connectivity index (χ3v) is 3.47. The van der Waals surface area contributed by atoms with E-state index in [0.717, 1.165) is 10.6 Å². The van der Waals surface area contributed by atoms with Crippen molar-refractivity contribution >= 4 is 44.2 Å². The largest absolute Gasteiger partial charge is 0.253 e. The van der Waals surface area contributed by atoms with Crippen LogP contribution in [0.15, 0.2) is 28.1 Å². The Morgan fingerprint density at radius 3 is 2.92 bits per heavy atom. The Morgan fingerprint density at radius 1 is 1.46 bits per heavy atom. The number of hydrogen-bond acceptors (Lipinski definition) is 4. The van der Waals surface area contributed by atoms with E-state index in [-0.39, 0.29) is 9.70 Å². The molecule has 0 aromatic heterocycles. The lowest BCUT2D eigenvalue weighted by Gasteiger charge is -2.01. The molecule has 0 saturated carbocycles. The molecule has 0 saturated heterocycles. The van der Waals surface area contributed by atoms with Gasteiger partial charge >= 0.3 is 0 Å². The van der Waals surface area contributed by atoms with Crippen molar-refractivity contribution < 1.29 is 8.42 Å². The number of fused-ring (bicyclic) bond motifs is 1. The van der Waals surface area contributed by atoms with Gasteiger partial charge in [-0.05, 0) is 18.2 Å². The third-order valence-electron chi connectivity index (χ3n) is 1.59. The summed E-state index contributed by atoms with van der Waals surface area (Å²) in [4.78, 5) is 4.84. The zero-order valence-corrected chi connectivity index (χ0v) is 8.66. The van der Waals surface area contributed by atoms with Gasteiger partial charge in [0, 0.05) is 4.91 Å². The summed E-state index contributed by atoms with van der Waals surface area (Å²) in [5.41, 5.74) is 0.763. The Bertz CT molecular complexity index is 465. The normalized spacial score (nSPS) is 25.3. The van der Waals surface area contributed by atoms with Gasteiger partial charge in [-0.15, -0.1) is 0 Å². The summed E-state index contributed by atoms with van der Waals surface area (Å²) in [5, 5.41) is 0. The molecule has 1 aliphatic carbocycles. The highest BCUT2D eigenvalue weighted by Crippen LogP contribution is 2.35. The molecule has 3 nitrogen and oxygen atoms in total. The van der Waals surface area contributed by atoms with Gasteiger partial charge in [0.2, 0.25) is 10.3 Å². The van der Waals surface area contributed by atoms with Crippen molar-refractivity contribution in [1.82, 2.24) is 0 Å². The van der Waals surface area contributed by atoms with E-state index in [1.54, 1.807) is 12.2 Å². The van der Waals surface area contributed by atoms with Crippen LogP contribution in [0.3, 0.4) is 0 Å². The number of aliphatic imine (C=N–C) groups is 1. The molecule has 0 spiro atoms. The summed E-state index contributed by atoms with van der Waals surface area (Å²) in [5.74, 6) is 0. The lowest BCUT2D eigenvalue weighted by atomic mass is 10.2. The Balaban J connectivity index is 2.50. The monoisotopic (exact) mass is 233 g/mol. The first-order chi connectivity index (χ1) is 6.16. The van der Waals surface area contributed by atoms with Crippen molar-refractivity contribution in [3.05, 3.63) is 23.1 Å². The summed E-state index contributed by atoms with van der Waals surface area (Å²) in [7, 11) is -2.18. The topological polar surface area (TPSA) is 46.5 Å². The molecule has 1 unspecified atom stereocenters. The van der Waals surface area contributed by atoms with Crippen LogP contribution in [-0.4, -0.2) is 23.8 Å². The second-order valence-electron chi connectivity index (χ2n) is 2.40. The number of allylic oxidation sites excluding steroid dienone is 4. The van der Waals surface area contributed by atoms with Gasteiger partial charge in [0.1, 0.15) is 0 Å². The lowest BCUT2D eigenvalue weighted by Crippen LogP contribution is -2.03. The number of nitrogens with zero attached hydrogens (tertiary/aromatic N) is 1. The van der Waals surface area contributed by atoms with Gasteiger partial charge in [-0.1, -0.05) is 23.4 Å². The SMILES string of the molecule is O=S(=O)=C1C=CC2=NC(Cl)SC2=C1. The molecule has 6 heteroatoms. The highest BCUT2D eigenvalue weighted by molar-refractivity contribution is 8.06. The first kappa shape index (κ1) is 9.05. The molecule has 0 aromatic carbocycles. The summed E-state index contributed by atoms with van der Waals surface area (Å²) in [6.45, 7) is 0. The average Bonchev–Trinajstić information content (AvgIpc) is 2.42. The minimum atomic E-state index is -2.18. The van der Waals surface area contributed by atoms with Gasteiger partial charge in [-0.3, -0.25) is 4.99 Å². The summed E-state index contributed by atoms with van der Waals surface area (Å²) >= 11 is 7.10. The zero-order chi connectivity index (χ0) is 9.42. The molecule has 2 aliphatic rings. The molecule has 0 amide bonds. The molecule has 0 radical (unpaired) electrons. The fraction of sp³-hybridized carbons (Fsp3) is 0.143. The van der Waals surface area contributed by atoms with E-state index in [9.17, 15) is 8.42 Å². The first-order valence-electron chi connectivity index (χ1n) is 3.42. The van der Waals surface area contributed by atoms with Crippen molar-refractivity contribution in [1.29, 1.82) is 0 Å². The molecule has 1 atom stereocenters. The predicted octanol–water partition coefficient (Wildman–Crippen LogP) is 1.20. The van der Waals surface area contributed by atoms with Crippen LogP contribution in [0.2, 0.25) is 0 Å². The summed E-state index contributed by atoms with van der Waals surface area (Å²) in [6.07, 6.45) is 4.76. The van der Waals surface area contributed by atoms with Gasteiger partial charge in [0.05, 0.1) is 10.6 Å². The molecule has 0 aromatic rings. The molecule has 13 heavy (non-hydrogen) atoms. The maximum absolute atomic E-state index is 10.6. The molecule has 68 valence electrons. The van der Waals surface area contributed by atoms with Crippen molar-refractivity contribution in [3.8, 4) is 0 Å². The molecule has 0 bridgehead atoms. The van der Waals surface area contributed by atoms with Crippen LogP contribution >= 0.6 is 23.4 Å². The Labute approximate surface area is 85.7 Å². The zero-order valence-electron chi connectivity index (χ0n) is 6.27. The van der Waals surface area contributed by atoms with Crippen LogP contribution < -0.4 is 0 Å². The van der Waals surface area contributed by atoms with Crippen LogP contribution in [-0.2, 0) is 10.3 Å². The van der Waals surface area contributed by atoms with Crippen LogP contribution in [0.5, 0.6) is 0 Å². The van der Waals surface area contributed by atoms with Crippen molar-refractivity contribution in [2.24, 2.45) is 4.99 Å². The van der Waals surface area contributed by atoms with Gasteiger partial charge in [0.25, 0.3) is 0 Å². The minimum Gasteiger partial charge on any atom is -0.253 e. The smallest absolute Gasteiger partial charge is 0.221 e. The standard InChI is InChI=1S/C7H4ClNO2S2/c8-7-9-5-2-1-4(13(10)11)3-6(5)12-7/h1-3,7H. The molecule has 0 N–H and O–H groups in total. The van der Waals surface area contributed by atoms with Gasteiger partial charge in [-0.25, -0.2) is 0 Å². The van der Waals surface area contributed by atoms with E-state index in [0.29, 0.717) is 0 Å². The van der Waals surface area contributed by atoms with E-state index in [1.807, 2.05) is 0 Å². The molecule has 2 rings (SSSR count). The Morgan fingerprint density at radius 2 is 2.23 bits per heavy atom. The Hall–Kier alpha value is -0.520. The second-order valence-corrected chi connectivity index (χ2v) is 5.14. The molecule has 1 aliphatic heterocycles. The van der Waals surface area contributed by atoms with Crippen molar-refractivity contribution in [2.45, 2.75) is 4.83 Å². The number of alkyl halides is 1. The van der Waals surface area contributed by atoms with Gasteiger partial charge < -0.3 is 0 Å². The van der Waals surface area contributed by atoms with E-state index in [1.165, 1.54) is 17.8 Å².